The molecule has 98 valence electrons. The second-order valence-corrected chi connectivity index (χ2v) is 4.56. The van der Waals surface area contributed by atoms with Gasteiger partial charge < -0.3 is 14.7 Å². The average Bonchev–Trinajstić information content (AvgIpc) is 2.24. The van der Waals surface area contributed by atoms with Crippen molar-refractivity contribution in [2.24, 2.45) is 0 Å². The highest BCUT2D eigenvalue weighted by Gasteiger charge is 2.39. The number of ether oxygens (including phenoxy) is 1. The minimum atomic E-state index is -2.92. The highest BCUT2D eigenvalue weighted by Crippen LogP contribution is 2.24. The number of hydrogen-bond donors (Lipinski definition) is 1. The monoisotopic (exact) mass is 257 g/mol. The topological polar surface area (TPSA) is 49.8 Å². The van der Waals surface area contributed by atoms with E-state index in [4.69, 9.17) is 0 Å². The quantitative estimate of drug-likeness (QED) is 0.892. The van der Waals surface area contributed by atoms with Gasteiger partial charge in [-0.3, -0.25) is 4.79 Å². The molecule has 0 unspecified atom stereocenters. The summed E-state index contributed by atoms with van der Waals surface area (Å²) in [7, 11) is 0. The number of aliphatic hydroxyl groups is 1. The molecule has 0 aliphatic carbocycles. The van der Waals surface area contributed by atoms with Crippen LogP contribution in [0.2, 0.25) is 0 Å². The van der Waals surface area contributed by atoms with Crippen molar-refractivity contribution in [2.75, 3.05) is 13.1 Å². The number of alkyl halides is 2. The predicted octanol–water partition coefficient (Wildman–Crippen LogP) is 1.49. The third kappa shape index (κ3) is 2.76. The fourth-order valence-corrected chi connectivity index (χ4v) is 1.91. The lowest BCUT2D eigenvalue weighted by atomic mass is 9.96. The van der Waals surface area contributed by atoms with Gasteiger partial charge >= 0.3 is 6.61 Å². The van der Waals surface area contributed by atoms with Gasteiger partial charge in [-0.1, -0.05) is 6.07 Å². The second kappa shape index (κ2) is 4.53. The SMILES string of the molecule is CC1(O)CN(C(=O)c2cccc(OC(F)F)c2)C1. The van der Waals surface area contributed by atoms with Crippen LogP contribution in [0.5, 0.6) is 5.75 Å². The van der Waals surface area contributed by atoms with Crippen LogP contribution in [0.4, 0.5) is 8.78 Å². The summed E-state index contributed by atoms with van der Waals surface area (Å²) in [5.41, 5.74) is -0.587. The number of nitrogens with zero attached hydrogens (tertiary/aromatic N) is 1. The maximum Gasteiger partial charge on any atom is 0.387 e. The van der Waals surface area contributed by atoms with Crippen molar-refractivity contribution in [1.82, 2.24) is 4.90 Å². The number of hydrogen-bond acceptors (Lipinski definition) is 3. The summed E-state index contributed by atoms with van der Waals surface area (Å²) in [4.78, 5) is 13.4. The van der Waals surface area contributed by atoms with Crippen molar-refractivity contribution in [2.45, 2.75) is 19.1 Å². The summed E-state index contributed by atoms with van der Waals surface area (Å²) in [6.45, 7) is -0.801. The molecule has 0 saturated carbocycles. The molecule has 1 aromatic carbocycles. The highest BCUT2D eigenvalue weighted by atomic mass is 19.3. The van der Waals surface area contributed by atoms with E-state index in [1.165, 1.54) is 29.2 Å². The third-order valence-electron chi connectivity index (χ3n) is 2.66. The summed E-state index contributed by atoms with van der Waals surface area (Å²) >= 11 is 0. The number of benzene rings is 1. The van der Waals surface area contributed by atoms with Gasteiger partial charge in [0.15, 0.2) is 0 Å². The lowest BCUT2D eigenvalue weighted by Gasteiger charge is -2.44. The van der Waals surface area contributed by atoms with Crippen LogP contribution >= 0.6 is 0 Å². The van der Waals surface area contributed by atoms with E-state index < -0.39 is 12.2 Å². The number of amides is 1. The first-order valence-electron chi connectivity index (χ1n) is 5.44. The molecule has 1 amide bonds. The summed E-state index contributed by atoms with van der Waals surface area (Å²) in [5, 5.41) is 9.54. The van der Waals surface area contributed by atoms with Crippen molar-refractivity contribution in [1.29, 1.82) is 0 Å². The van der Waals surface area contributed by atoms with Crippen molar-refractivity contribution in [3.63, 3.8) is 0 Å². The number of β-amino-alcohol motifs (C(OH)–C–C–N with tert-alkyl or cyclic N) is 1. The Labute approximate surface area is 103 Å². The average molecular weight is 257 g/mol. The molecule has 18 heavy (non-hydrogen) atoms. The Bertz CT molecular complexity index is 454. The number of carbonyl (C=O) groups is 1. The Morgan fingerprint density at radius 2 is 2.17 bits per heavy atom. The number of carbonyl (C=O) groups excluding carboxylic acids is 1. The van der Waals surface area contributed by atoms with Gasteiger partial charge in [0.2, 0.25) is 0 Å². The van der Waals surface area contributed by atoms with Gasteiger partial charge in [-0.05, 0) is 25.1 Å². The van der Waals surface area contributed by atoms with Crippen LogP contribution in [0, 0.1) is 0 Å². The minimum absolute atomic E-state index is 0.0527. The summed E-state index contributed by atoms with van der Waals surface area (Å²) < 4.78 is 28.3. The Balaban J connectivity index is 2.07. The molecule has 2 rings (SSSR count). The maximum atomic E-state index is 12.0. The van der Waals surface area contributed by atoms with Crippen LogP contribution in [0.1, 0.15) is 17.3 Å². The highest BCUT2D eigenvalue weighted by molar-refractivity contribution is 5.95. The molecule has 1 fully saturated rings. The minimum Gasteiger partial charge on any atom is -0.435 e. The Kier molecular flexibility index (Phi) is 3.21. The van der Waals surface area contributed by atoms with Gasteiger partial charge in [0, 0.05) is 5.56 Å². The van der Waals surface area contributed by atoms with Crippen LogP contribution in [-0.2, 0) is 0 Å². The smallest absolute Gasteiger partial charge is 0.387 e. The molecule has 1 N–H and O–H groups in total. The van der Waals surface area contributed by atoms with Crippen LogP contribution in [-0.4, -0.2) is 41.2 Å². The Hall–Kier alpha value is -1.69. The zero-order chi connectivity index (χ0) is 13.3. The molecule has 0 bridgehead atoms. The predicted molar refractivity (Wildman–Crippen MR) is 59.6 cm³/mol. The lowest BCUT2D eigenvalue weighted by Crippen LogP contribution is -2.61. The molecule has 0 radical (unpaired) electrons. The molecule has 0 spiro atoms. The normalized spacial score (nSPS) is 17.5. The number of rotatable bonds is 3. The summed E-state index contributed by atoms with van der Waals surface area (Å²) in [6, 6.07) is 5.62. The van der Waals surface area contributed by atoms with Gasteiger partial charge in [-0.25, -0.2) is 0 Å². The molecule has 1 aromatic rings. The van der Waals surface area contributed by atoms with Crippen molar-refractivity contribution in [3.8, 4) is 5.75 Å². The molecule has 1 aliphatic heterocycles. The number of likely N-dealkylation sites (tertiary alicyclic amines) is 1. The van der Waals surface area contributed by atoms with Crippen molar-refractivity contribution in [3.05, 3.63) is 29.8 Å². The first-order valence-corrected chi connectivity index (χ1v) is 5.44. The molecule has 6 heteroatoms. The van der Waals surface area contributed by atoms with Gasteiger partial charge in [0.1, 0.15) is 5.75 Å². The zero-order valence-electron chi connectivity index (χ0n) is 9.77. The van der Waals surface area contributed by atoms with E-state index in [1.807, 2.05) is 0 Å². The second-order valence-electron chi connectivity index (χ2n) is 4.56. The molecule has 1 aliphatic rings. The number of halogens is 2. The van der Waals surface area contributed by atoms with Crippen LogP contribution in [0.3, 0.4) is 0 Å². The molecule has 0 aromatic heterocycles. The zero-order valence-corrected chi connectivity index (χ0v) is 9.77. The van der Waals surface area contributed by atoms with E-state index in [9.17, 15) is 18.7 Å². The van der Waals surface area contributed by atoms with E-state index in [0.717, 1.165) is 0 Å². The van der Waals surface area contributed by atoms with Crippen LogP contribution in [0.25, 0.3) is 0 Å². The molecular weight excluding hydrogens is 244 g/mol. The molecule has 1 heterocycles. The van der Waals surface area contributed by atoms with E-state index in [1.54, 1.807) is 6.92 Å². The van der Waals surface area contributed by atoms with Gasteiger partial charge in [-0.15, -0.1) is 0 Å². The molecular formula is C12H13F2NO3. The summed E-state index contributed by atoms with van der Waals surface area (Å²) in [6.07, 6.45) is 0. The lowest BCUT2D eigenvalue weighted by molar-refractivity contribution is -0.0669. The van der Waals surface area contributed by atoms with Crippen LogP contribution < -0.4 is 4.74 Å². The van der Waals surface area contributed by atoms with E-state index in [-0.39, 0.29) is 30.3 Å². The molecule has 1 saturated heterocycles. The van der Waals surface area contributed by atoms with E-state index >= 15 is 0 Å². The van der Waals surface area contributed by atoms with Crippen LogP contribution in [0.15, 0.2) is 24.3 Å². The first kappa shape index (κ1) is 12.8. The summed E-state index contributed by atoms with van der Waals surface area (Å²) in [5.74, 6) is -0.357. The fourth-order valence-electron chi connectivity index (χ4n) is 1.91. The fraction of sp³-hybridized carbons (Fsp3) is 0.417. The van der Waals surface area contributed by atoms with Gasteiger partial charge in [-0.2, -0.15) is 8.78 Å². The largest absolute Gasteiger partial charge is 0.435 e. The Morgan fingerprint density at radius 3 is 2.72 bits per heavy atom. The van der Waals surface area contributed by atoms with Crippen molar-refractivity contribution >= 4 is 5.91 Å². The van der Waals surface area contributed by atoms with E-state index in [2.05, 4.69) is 4.74 Å². The third-order valence-corrected chi connectivity index (χ3v) is 2.66. The maximum absolute atomic E-state index is 12.0. The van der Waals surface area contributed by atoms with Gasteiger partial charge in [0.25, 0.3) is 5.91 Å². The van der Waals surface area contributed by atoms with Crippen molar-refractivity contribution < 1.29 is 23.4 Å². The Morgan fingerprint density at radius 1 is 1.50 bits per heavy atom. The van der Waals surface area contributed by atoms with Gasteiger partial charge in [0.05, 0.1) is 18.7 Å². The van der Waals surface area contributed by atoms with E-state index in [0.29, 0.717) is 0 Å². The molecule has 4 nitrogen and oxygen atoms in total. The molecule has 0 atom stereocenters. The standard InChI is InChI=1S/C12H13F2NO3/c1-12(17)6-15(7-12)10(16)8-3-2-4-9(5-8)18-11(13)14/h2-5,11,17H,6-7H2,1H3. The first-order chi connectivity index (χ1) is 8.37.